The summed E-state index contributed by atoms with van der Waals surface area (Å²) < 4.78 is 45.0. The molecule has 36 heavy (non-hydrogen) atoms. The average molecular weight is 489 g/mol. The molecule has 1 atom stereocenters. The maximum absolute atomic E-state index is 12.8. The van der Waals surface area contributed by atoms with E-state index in [2.05, 4.69) is 0 Å². The van der Waals surface area contributed by atoms with Gasteiger partial charge in [-0.25, -0.2) is 0 Å². The molecule has 4 rings (SSSR count). The van der Waals surface area contributed by atoms with Gasteiger partial charge in [0.2, 0.25) is 0 Å². The molecular weight excluding hydrogens is 461 g/mol. The minimum absolute atomic E-state index is 0.356. The van der Waals surface area contributed by atoms with Crippen LogP contribution >= 0.6 is 0 Å². The van der Waals surface area contributed by atoms with Crippen molar-refractivity contribution in [2.24, 2.45) is 0 Å². The topological polar surface area (TPSA) is 29.5 Å². The second-order valence-electron chi connectivity index (χ2n) is 8.41. The number of hydrogen-bond donors (Lipinski definition) is 1. The van der Waals surface area contributed by atoms with Gasteiger partial charge in [0, 0.05) is 0 Å². The van der Waals surface area contributed by atoms with Crippen molar-refractivity contribution in [1.29, 1.82) is 0 Å². The van der Waals surface area contributed by atoms with Crippen LogP contribution in [-0.4, -0.2) is 11.7 Å². The Kier molecular flexibility index (Phi) is 8.04. The van der Waals surface area contributed by atoms with Crippen LogP contribution in [0.3, 0.4) is 0 Å². The average Bonchev–Trinajstić information content (AvgIpc) is 2.92. The molecule has 0 aliphatic rings. The molecule has 0 aromatic heterocycles. The van der Waals surface area contributed by atoms with Gasteiger partial charge in [-0.1, -0.05) is 115 Å². The SMILES string of the molecule is O[C@@H](/C=C/CCOC(c1ccccc1)(c1ccccc1)c1ccccc1)c1ccc(C(F)(F)F)cc1. The maximum atomic E-state index is 12.8. The van der Waals surface area contributed by atoms with E-state index < -0.39 is 23.4 Å². The molecule has 0 aliphatic heterocycles. The summed E-state index contributed by atoms with van der Waals surface area (Å²) in [5.41, 5.74) is 1.81. The van der Waals surface area contributed by atoms with Crippen molar-refractivity contribution in [3.63, 3.8) is 0 Å². The Hall–Kier alpha value is -3.67. The Labute approximate surface area is 209 Å². The zero-order valence-electron chi connectivity index (χ0n) is 19.6. The van der Waals surface area contributed by atoms with Crippen molar-refractivity contribution in [2.45, 2.75) is 24.3 Å². The van der Waals surface area contributed by atoms with Crippen LogP contribution in [0.25, 0.3) is 0 Å². The Morgan fingerprint density at radius 1 is 0.639 bits per heavy atom. The van der Waals surface area contributed by atoms with Crippen LogP contribution in [0, 0.1) is 0 Å². The highest BCUT2D eigenvalue weighted by Gasteiger charge is 2.37. The van der Waals surface area contributed by atoms with Crippen LogP contribution < -0.4 is 0 Å². The third kappa shape index (κ3) is 5.76. The highest BCUT2D eigenvalue weighted by atomic mass is 19.4. The van der Waals surface area contributed by atoms with Crippen LogP contribution in [-0.2, 0) is 16.5 Å². The van der Waals surface area contributed by atoms with E-state index >= 15 is 0 Å². The summed E-state index contributed by atoms with van der Waals surface area (Å²) in [6.45, 7) is 0.356. The first-order valence-electron chi connectivity index (χ1n) is 11.7. The molecule has 1 N–H and O–H groups in total. The van der Waals surface area contributed by atoms with E-state index in [0.29, 0.717) is 18.6 Å². The van der Waals surface area contributed by atoms with E-state index in [0.717, 1.165) is 28.8 Å². The predicted octanol–water partition coefficient (Wildman–Crippen LogP) is 7.69. The number of aliphatic hydroxyl groups is 1. The largest absolute Gasteiger partial charge is 0.416 e. The second-order valence-corrected chi connectivity index (χ2v) is 8.41. The van der Waals surface area contributed by atoms with Crippen LogP contribution in [0.1, 0.15) is 40.3 Å². The molecule has 0 aliphatic carbocycles. The summed E-state index contributed by atoms with van der Waals surface area (Å²) in [5, 5.41) is 10.4. The summed E-state index contributed by atoms with van der Waals surface area (Å²) in [7, 11) is 0. The lowest BCUT2D eigenvalue weighted by molar-refractivity contribution is -0.137. The highest BCUT2D eigenvalue weighted by Crippen LogP contribution is 2.40. The monoisotopic (exact) mass is 488 g/mol. The van der Waals surface area contributed by atoms with Crippen LogP contribution in [0.5, 0.6) is 0 Å². The fourth-order valence-electron chi connectivity index (χ4n) is 4.25. The van der Waals surface area contributed by atoms with Crippen molar-refractivity contribution >= 4 is 0 Å². The van der Waals surface area contributed by atoms with Crippen molar-refractivity contribution in [2.75, 3.05) is 6.61 Å². The third-order valence-corrected chi connectivity index (χ3v) is 6.04. The molecule has 0 heterocycles. The van der Waals surface area contributed by atoms with Gasteiger partial charge in [-0.3, -0.25) is 0 Å². The van der Waals surface area contributed by atoms with Crippen LogP contribution in [0.4, 0.5) is 13.2 Å². The van der Waals surface area contributed by atoms with E-state index in [1.54, 1.807) is 12.2 Å². The highest BCUT2D eigenvalue weighted by molar-refractivity contribution is 5.47. The molecule has 0 saturated heterocycles. The lowest BCUT2D eigenvalue weighted by Crippen LogP contribution is -2.33. The Balaban J connectivity index is 1.53. The molecule has 0 unspecified atom stereocenters. The molecule has 0 radical (unpaired) electrons. The van der Waals surface area contributed by atoms with Gasteiger partial charge in [-0.05, 0) is 40.8 Å². The first kappa shape index (κ1) is 25.4. The molecule has 0 spiro atoms. The summed E-state index contributed by atoms with van der Waals surface area (Å²) in [6.07, 6.45) is -1.55. The summed E-state index contributed by atoms with van der Waals surface area (Å²) in [6, 6.07) is 34.6. The smallest absolute Gasteiger partial charge is 0.384 e. The van der Waals surface area contributed by atoms with Crippen molar-refractivity contribution in [1.82, 2.24) is 0 Å². The molecule has 5 heteroatoms. The number of ether oxygens (including phenoxy) is 1. The van der Waals surface area contributed by atoms with E-state index in [-0.39, 0.29) is 0 Å². The molecule has 4 aromatic rings. The molecular formula is C31H27F3O2. The molecule has 2 nitrogen and oxygen atoms in total. The van der Waals surface area contributed by atoms with Crippen LogP contribution in [0.15, 0.2) is 127 Å². The minimum atomic E-state index is -4.40. The molecule has 0 amide bonds. The minimum Gasteiger partial charge on any atom is -0.384 e. The molecule has 0 bridgehead atoms. The molecule has 184 valence electrons. The first-order chi connectivity index (χ1) is 17.4. The number of hydrogen-bond acceptors (Lipinski definition) is 2. The van der Waals surface area contributed by atoms with Crippen molar-refractivity contribution in [3.8, 4) is 0 Å². The van der Waals surface area contributed by atoms with Crippen molar-refractivity contribution in [3.05, 3.63) is 155 Å². The lowest BCUT2D eigenvalue weighted by Gasteiger charge is -2.36. The maximum Gasteiger partial charge on any atom is 0.416 e. The quantitative estimate of drug-likeness (QED) is 0.149. The second kappa shape index (κ2) is 11.4. The van der Waals surface area contributed by atoms with Gasteiger partial charge >= 0.3 is 6.18 Å². The zero-order chi connectivity index (χ0) is 25.4. The third-order valence-electron chi connectivity index (χ3n) is 6.04. The van der Waals surface area contributed by atoms with E-state index in [1.165, 1.54) is 12.1 Å². The Bertz CT molecular complexity index is 1140. The van der Waals surface area contributed by atoms with Gasteiger partial charge in [-0.15, -0.1) is 0 Å². The normalized spacial score (nSPS) is 13.1. The Morgan fingerprint density at radius 2 is 1.08 bits per heavy atom. The van der Waals surface area contributed by atoms with Gasteiger partial charge in [0.1, 0.15) is 5.60 Å². The molecule has 0 fully saturated rings. The van der Waals surface area contributed by atoms with Gasteiger partial charge in [0.15, 0.2) is 0 Å². The number of alkyl halides is 3. The number of benzene rings is 4. The van der Waals surface area contributed by atoms with E-state index in [9.17, 15) is 18.3 Å². The summed E-state index contributed by atoms with van der Waals surface area (Å²) >= 11 is 0. The number of rotatable bonds is 9. The zero-order valence-corrected chi connectivity index (χ0v) is 19.6. The predicted molar refractivity (Wildman–Crippen MR) is 135 cm³/mol. The summed E-state index contributed by atoms with van der Waals surface area (Å²) in [4.78, 5) is 0. The Morgan fingerprint density at radius 3 is 1.50 bits per heavy atom. The van der Waals surface area contributed by atoms with Crippen LogP contribution in [0.2, 0.25) is 0 Å². The standard InChI is InChI=1S/C31H27F3O2/c32-31(33,34)28-21-19-24(20-22-28)29(35)18-10-11-23-36-30(25-12-4-1-5-13-25,26-14-6-2-7-15-26)27-16-8-3-9-17-27/h1-10,12-22,29,35H,11,23H2/b18-10+/t29-/m0/s1. The van der Waals surface area contributed by atoms with Gasteiger partial charge in [0.25, 0.3) is 0 Å². The lowest BCUT2D eigenvalue weighted by atomic mass is 9.80. The summed E-state index contributed by atoms with van der Waals surface area (Å²) in [5.74, 6) is 0. The number of halogens is 3. The van der Waals surface area contributed by atoms with Gasteiger partial charge < -0.3 is 9.84 Å². The molecule has 4 aromatic carbocycles. The van der Waals surface area contributed by atoms with E-state index in [4.69, 9.17) is 4.74 Å². The first-order valence-corrected chi connectivity index (χ1v) is 11.7. The van der Waals surface area contributed by atoms with Crippen molar-refractivity contribution < 1.29 is 23.0 Å². The van der Waals surface area contributed by atoms with Gasteiger partial charge in [0.05, 0.1) is 18.3 Å². The fraction of sp³-hybridized carbons (Fsp3) is 0.161. The van der Waals surface area contributed by atoms with Gasteiger partial charge in [-0.2, -0.15) is 13.2 Å². The number of aliphatic hydroxyl groups excluding tert-OH is 1. The molecule has 0 saturated carbocycles. The van der Waals surface area contributed by atoms with E-state index in [1.807, 2.05) is 91.0 Å². The fourth-order valence-corrected chi connectivity index (χ4v) is 4.25.